The van der Waals surface area contributed by atoms with Crippen molar-refractivity contribution in [1.82, 2.24) is 0 Å². The quantitative estimate of drug-likeness (QED) is 0.411. The fourth-order valence-corrected chi connectivity index (χ4v) is 5.20. The van der Waals surface area contributed by atoms with E-state index in [1.54, 1.807) is 18.2 Å². The Morgan fingerprint density at radius 2 is 1.94 bits per heavy atom. The van der Waals surface area contributed by atoms with E-state index >= 15 is 0 Å². The highest BCUT2D eigenvalue weighted by Gasteiger charge is 2.34. The van der Waals surface area contributed by atoms with Crippen molar-refractivity contribution in [3.05, 3.63) is 82.7 Å². The van der Waals surface area contributed by atoms with Crippen molar-refractivity contribution in [1.29, 1.82) is 5.26 Å². The summed E-state index contributed by atoms with van der Waals surface area (Å²) in [5.74, 6) is 0.443. The third-order valence-corrected chi connectivity index (χ3v) is 7.08. The molecule has 0 unspecified atom stereocenters. The molecule has 0 radical (unpaired) electrons. The molecule has 0 saturated heterocycles. The van der Waals surface area contributed by atoms with Crippen LogP contribution in [0.2, 0.25) is 0 Å². The number of hydrogen-bond donors (Lipinski definition) is 1. The van der Waals surface area contributed by atoms with Crippen LogP contribution in [0.15, 0.2) is 54.6 Å². The summed E-state index contributed by atoms with van der Waals surface area (Å²) in [5, 5.41) is 19.3. The number of methoxy groups -OCH3 is 1. The first-order chi connectivity index (χ1) is 17.0. The number of benzene rings is 3. The number of hydrogen-bond acceptors (Lipinski definition) is 4. The predicted molar refractivity (Wildman–Crippen MR) is 129 cm³/mol. The van der Waals surface area contributed by atoms with Crippen LogP contribution in [-0.4, -0.2) is 18.2 Å². The monoisotopic (exact) mass is 471 g/mol. The summed E-state index contributed by atoms with van der Waals surface area (Å²) in [6.07, 6.45) is 3.38. The SMILES string of the molecule is COc1ccc(F)c(-c2ccc3c(c2C#N)CC[C@H]3Oc2cccc([C@@H](CC(=O)O)C3CC3)c2)c1. The van der Waals surface area contributed by atoms with Crippen LogP contribution in [0.4, 0.5) is 4.39 Å². The molecule has 2 atom stereocenters. The summed E-state index contributed by atoms with van der Waals surface area (Å²) < 4.78 is 26.2. The molecule has 0 amide bonds. The van der Waals surface area contributed by atoms with E-state index in [-0.39, 0.29) is 18.4 Å². The first-order valence-electron chi connectivity index (χ1n) is 11.9. The van der Waals surface area contributed by atoms with Gasteiger partial charge in [0, 0.05) is 11.1 Å². The predicted octanol–water partition coefficient (Wildman–Crippen LogP) is 6.41. The maximum absolute atomic E-state index is 14.6. The van der Waals surface area contributed by atoms with Gasteiger partial charge in [0.2, 0.25) is 0 Å². The molecule has 3 aromatic rings. The zero-order valence-corrected chi connectivity index (χ0v) is 19.5. The molecule has 1 fully saturated rings. The molecule has 0 aliphatic heterocycles. The molecule has 0 spiro atoms. The summed E-state index contributed by atoms with van der Waals surface area (Å²) in [6.45, 7) is 0. The zero-order chi connectivity index (χ0) is 24.5. The van der Waals surface area contributed by atoms with Gasteiger partial charge < -0.3 is 14.6 Å². The molecule has 5 rings (SSSR count). The minimum Gasteiger partial charge on any atom is -0.497 e. The van der Waals surface area contributed by atoms with Crippen LogP contribution >= 0.6 is 0 Å². The number of aliphatic carboxylic acids is 1. The van der Waals surface area contributed by atoms with Crippen LogP contribution in [0.3, 0.4) is 0 Å². The summed E-state index contributed by atoms with van der Waals surface area (Å²) in [4.78, 5) is 11.4. The molecule has 1 N–H and O–H groups in total. The molecule has 3 aromatic carbocycles. The van der Waals surface area contributed by atoms with E-state index in [0.29, 0.717) is 46.9 Å². The lowest BCUT2D eigenvalue weighted by atomic mass is 9.91. The van der Waals surface area contributed by atoms with Crippen molar-refractivity contribution < 1.29 is 23.8 Å². The van der Waals surface area contributed by atoms with Crippen LogP contribution < -0.4 is 9.47 Å². The number of nitriles is 1. The van der Waals surface area contributed by atoms with Gasteiger partial charge in [-0.15, -0.1) is 0 Å². The van der Waals surface area contributed by atoms with E-state index in [9.17, 15) is 19.6 Å². The second-order valence-corrected chi connectivity index (χ2v) is 9.27. The normalized spacial score (nSPS) is 17.3. The number of fused-ring (bicyclic) bond motifs is 1. The Bertz CT molecular complexity index is 1320. The van der Waals surface area contributed by atoms with Gasteiger partial charge in [-0.2, -0.15) is 5.26 Å². The lowest BCUT2D eigenvalue weighted by Crippen LogP contribution is -2.09. The van der Waals surface area contributed by atoms with Crippen molar-refractivity contribution in [3.63, 3.8) is 0 Å². The van der Waals surface area contributed by atoms with Crippen LogP contribution in [0.1, 0.15) is 60.0 Å². The molecule has 35 heavy (non-hydrogen) atoms. The maximum atomic E-state index is 14.6. The average Bonchev–Trinajstić information content (AvgIpc) is 3.63. The van der Waals surface area contributed by atoms with E-state index in [4.69, 9.17) is 9.47 Å². The number of nitrogens with zero attached hydrogens (tertiary/aromatic N) is 1. The highest BCUT2D eigenvalue weighted by molar-refractivity contribution is 5.75. The lowest BCUT2D eigenvalue weighted by Gasteiger charge is -2.19. The van der Waals surface area contributed by atoms with Gasteiger partial charge in [0.25, 0.3) is 0 Å². The van der Waals surface area contributed by atoms with Gasteiger partial charge in [-0.3, -0.25) is 4.79 Å². The molecule has 2 aliphatic rings. The Morgan fingerprint density at radius 1 is 1.11 bits per heavy atom. The number of carboxylic acid groups (broad SMARTS) is 1. The van der Waals surface area contributed by atoms with E-state index in [0.717, 1.165) is 29.5 Å². The minimum atomic E-state index is -0.787. The standard InChI is InChI=1S/C29H26FNO4/c1-34-19-7-11-27(30)25(14-19)22-8-9-23-21(26(22)16-31)10-12-28(23)35-20-4-2-3-18(13-20)24(15-29(32)33)17-5-6-17/h2-4,7-9,11,13-14,17,24,28H,5-6,10,12,15H2,1H3,(H,32,33)/t24-,28+/m0/s1. The molecule has 1 saturated carbocycles. The smallest absolute Gasteiger partial charge is 0.303 e. The van der Waals surface area contributed by atoms with Gasteiger partial charge >= 0.3 is 5.97 Å². The Kier molecular flexibility index (Phi) is 6.17. The lowest BCUT2D eigenvalue weighted by molar-refractivity contribution is -0.137. The molecule has 0 heterocycles. The second-order valence-electron chi connectivity index (χ2n) is 9.27. The van der Waals surface area contributed by atoms with Gasteiger partial charge in [0.05, 0.1) is 19.1 Å². The van der Waals surface area contributed by atoms with Crippen molar-refractivity contribution in [2.75, 3.05) is 7.11 Å². The van der Waals surface area contributed by atoms with E-state index < -0.39 is 11.8 Å². The molecular weight excluding hydrogens is 445 g/mol. The third kappa shape index (κ3) is 4.59. The Labute approximate surface area is 203 Å². The highest BCUT2D eigenvalue weighted by atomic mass is 19.1. The molecule has 0 bridgehead atoms. The topological polar surface area (TPSA) is 79.5 Å². The maximum Gasteiger partial charge on any atom is 0.303 e. The van der Waals surface area contributed by atoms with E-state index in [1.807, 2.05) is 30.3 Å². The Morgan fingerprint density at radius 3 is 2.66 bits per heavy atom. The third-order valence-electron chi connectivity index (χ3n) is 7.08. The number of ether oxygens (including phenoxy) is 2. The second kappa shape index (κ2) is 9.42. The van der Waals surface area contributed by atoms with Gasteiger partial charge in [-0.05, 0) is 84.5 Å². The number of halogens is 1. The fourth-order valence-electron chi connectivity index (χ4n) is 5.20. The fraction of sp³-hybridized carbons (Fsp3) is 0.310. The van der Waals surface area contributed by atoms with Gasteiger partial charge in [0.15, 0.2) is 0 Å². The van der Waals surface area contributed by atoms with Crippen molar-refractivity contribution in [3.8, 4) is 28.7 Å². The van der Waals surface area contributed by atoms with E-state index in [1.165, 1.54) is 13.2 Å². The summed E-state index contributed by atoms with van der Waals surface area (Å²) in [6, 6.07) is 18.2. The highest BCUT2D eigenvalue weighted by Crippen LogP contribution is 2.46. The first-order valence-corrected chi connectivity index (χ1v) is 11.9. The Hall–Kier alpha value is -3.85. The minimum absolute atomic E-state index is 0.00238. The number of carboxylic acids is 1. The van der Waals surface area contributed by atoms with Crippen molar-refractivity contribution in [2.45, 2.75) is 44.1 Å². The summed E-state index contributed by atoms with van der Waals surface area (Å²) in [7, 11) is 1.52. The molecule has 2 aliphatic carbocycles. The first kappa shape index (κ1) is 22.9. The average molecular weight is 472 g/mol. The summed E-state index contributed by atoms with van der Waals surface area (Å²) >= 11 is 0. The molecule has 6 heteroatoms. The largest absolute Gasteiger partial charge is 0.497 e. The van der Waals surface area contributed by atoms with Crippen molar-refractivity contribution in [2.24, 2.45) is 5.92 Å². The molecular formula is C29H26FNO4. The van der Waals surface area contributed by atoms with Crippen LogP contribution in [0.25, 0.3) is 11.1 Å². The zero-order valence-electron chi connectivity index (χ0n) is 19.5. The van der Waals surface area contributed by atoms with Crippen molar-refractivity contribution >= 4 is 5.97 Å². The number of rotatable bonds is 8. The van der Waals surface area contributed by atoms with Gasteiger partial charge in [-0.1, -0.05) is 24.3 Å². The van der Waals surface area contributed by atoms with Gasteiger partial charge in [-0.25, -0.2) is 4.39 Å². The van der Waals surface area contributed by atoms with Gasteiger partial charge in [0.1, 0.15) is 29.5 Å². The van der Waals surface area contributed by atoms with E-state index in [2.05, 4.69) is 6.07 Å². The van der Waals surface area contributed by atoms with Crippen LogP contribution in [-0.2, 0) is 11.2 Å². The summed E-state index contributed by atoms with van der Waals surface area (Å²) in [5.41, 5.74) is 4.16. The van der Waals surface area contributed by atoms with Crippen LogP contribution in [0, 0.1) is 23.1 Å². The molecule has 178 valence electrons. The Balaban J connectivity index is 1.43. The molecule has 5 nitrogen and oxygen atoms in total. The van der Waals surface area contributed by atoms with Crippen LogP contribution in [0.5, 0.6) is 11.5 Å². The number of carbonyl (C=O) groups is 1. The molecule has 0 aromatic heterocycles.